The minimum Gasteiger partial charge on any atom is -0.356 e. The summed E-state index contributed by atoms with van der Waals surface area (Å²) in [5.41, 5.74) is 2.70. The van der Waals surface area contributed by atoms with Crippen LogP contribution in [0.5, 0.6) is 0 Å². The van der Waals surface area contributed by atoms with Crippen LogP contribution in [-0.2, 0) is 10.2 Å². The number of benzene rings is 1. The minimum atomic E-state index is 0.103. The Morgan fingerprint density at radius 1 is 1.14 bits per heavy atom. The molecule has 1 aliphatic carbocycles. The van der Waals surface area contributed by atoms with E-state index in [2.05, 4.69) is 53.9 Å². The third-order valence-corrected chi connectivity index (χ3v) is 7.34. The number of anilines is 2. The van der Waals surface area contributed by atoms with Gasteiger partial charge in [0.1, 0.15) is 12.1 Å². The highest BCUT2D eigenvalue weighted by molar-refractivity contribution is 9.10. The Hall–Kier alpha value is -1.95. The molecule has 0 bridgehead atoms. The molecule has 3 heterocycles. The molecule has 2 aliphatic heterocycles. The van der Waals surface area contributed by atoms with E-state index in [4.69, 9.17) is 0 Å². The van der Waals surface area contributed by atoms with Crippen LogP contribution in [-0.4, -0.2) is 35.5 Å². The topological polar surface area (TPSA) is 49.3 Å². The van der Waals surface area contributed by atoms with Gasteiger partial charge in [-0.1, -0.05) is 28.8 Å². The predicted octanol–water partition coefficient (Wildman–Crippen LogP) is 4.31. The second-order valence-corrected chi connectivity index (χ2v) is 9.32. The van der Waals surface area contributed by atoms with Gasteiger partial charge in [-0.2, -0.15) is 0 Å². The van der Waals surface area contributed by atoms with Gasteiger partial charge in [-0.3, -0.25) is 4.79 Å². The summed E-state index contributed by atoms with van der Waals surface area (Å²) in [7, 11) is 0. The van der Waals surface area contributed by atoms with Crippen molar-refractivity contribution < 1.29 is 4.79 Å². The molecule has 0 atom stereocenters. The number of halogens is 1. The monoisotopic (exact) mass is 440 g/mol. The Bertz CT molecular complexity index is 873. The van der Waals surface area contributed by atoms with Crippen molar-refractivity contribution >= 4 is 33.3 Å². The molecule has 0 N–H and O–H groups in total. The average molecular weight is 441 g/mol. The molecule has 3 aliphatic rings. The zero-order valence-electron chi connectivity index (χ0n) is 16.0. The first-order chi connectivity index (χ1) is 13.7. The van der Waals surface area contributed by atoms with Crippen molar-refractivity contribution in [2.45, 2.75) is 43.9 Å². The van der Waals surface area contributed by atoms with Crippen molar-refractivity contribution in [1.82, 2.24) is 9.97 Å². The van der Waals surface area contributed by atoms with Crippen LogP contribution in [0, 0.1) is 5.92 Å². The van der Waals surface area contributed by atoms with Gasteiger partial charge >= 0.3 is 0 Å². The zero-order chi connectivity index (χ0) is 19.1. The maximum atomic E-state index is 13.5. The number of aromatic nitrogens is 2. The number of amides is 1. The maximum Gasteiger partial charge on any atom is 0.230 e. The summed E-state index contributed by atoms with van der Waals surface area (Å²) in [5.74, 6) is 1.38. The summed E-state index contributed by atoms with van der Waals surface area (Å²) >= 11 is 3.64. The van der Waals surface area contributed by atoms with Gasteiger partial charge in [0.25, 0.3) is 0 Å². The summed E-state index contributed by atoms with van der Waals surface area (Å²) in [6.45, 7) is 2.61. The van der Waals surface area contributed by atoms with Crippen LogP contribution < -0.4 is 9.80 Å². The van der Waals surface area contributed by atoms with Gasteiger partial charge in [0, 0.05) is 47.3 Å². The van der Waals surface area contributed by atoms with Crippen molar-refractivity contribution in [3.63, 3.8) is 0 Å². The van der Waals surface area contributed by atoms with Crippen LogP contribution in [0.3, 0.4) is 0 Å². The standard InChI is InChI=1S/C22H25BrN4O/c23-17-3-4-19-18(13-17)22(8-1-2-9-22)14-27(19)21(28)16-6-11-26(12-7-16)20-5-10-24-15-25-20/h3-5,10,13,15-16H,1-2,6-9,11-12,14H2. The lowest BCUT2D eigenvalue weighted by molar-refractivity contribution is -0.123. The van der Waals surface area contributed by atoms with Crippen molar-refractivity contribution in [2.75, 3.05) is 29.4 Å². The van der Waals surface area contributed by atoms with Crippen LogP contribution in [0.2, 0.25) is 0 Å². The van der Waals surface area contributed by atoms with E-state index in [1.807, 2.05) is 6.07 Å². The van der Waals surface area contributed by atoms with Gasteiger partial charge in [0.05, 0.1) is 0 Å². The number of carbonyl (C=O) groups excluding carboxylic acids is 1. The molecule has 0 unspecified atom stereocenters. The van der Waals surface area contributed by atoms with E-state index in [-0.39, 0.29) is 11.3 Å². The molecule has 1 saturated carbocycles. The third kappa shape index (κ3) is 3.02. The highest BCUT2D eigenvalue weighted by atomic mass is 79.9. The third-order valence-electron chi connectivity index (χ3n) is 6.84. The van der Waals surface area contributed by atoms with Gasteiger partial charge in [-0.25, -0.2) is 9.97 Å². The Balaban J connectivity index is 1.34. The van der Waals surface area contributed by atoms with Crippen LogP contribution in [0.4, 0.5) is 11.5 Å². The van der Waals surface area contributed by atoms with Crippen LogP contribution in [0.1, 0.15) is 44.1 Å². The Kier molecular flexibility index (Phi) is 4.62. The molecule has 2 fully saturated rings. The number of fused-ring (bicyclic) bond motifs is 2. The minimum absolute atomic E-state index is 0.103. The number of hydrogen-bond donors (Lipinski definition) is 0. The second kappa shape index (κ2) is 7.14. The van der Waals surface area contributed by atoms with Crippen LogP contribution in [0.15, 0.2) is 41.3 Å². The van der Waals surface area contributed by atoms with E-state index in [9.17, 15) is 4.79 Å². The Morgan fingerprint density at radius 3 is 2.64 bits per heavy atom. The second-order valence-electron chi connectivity index (χ2n) is 8.40. The lowest BCUT2D eigenvalue weighted by atomic mass is 9.81. The summed E-state index contributed by atoms with van der Waals surface area (Å²) in [4.78, 5) is 26.2. The van der Waals surface area contributed by atoms with Crippen LogP contribution in [0.25, 0.3) is 0 Å². The summed E-state index contributed by atoms with van der Waals surface area (Å²) < 4.78 is 1.12. The fourth-order valence-corrected chi connectivity index (χ4v) is 5.73. The lowest BCUT2D eigenvalue weighted by Crippen LogP contribution is -2.44. The number of carbonyl (C=O) groups is 1. The van der Waals surface area contributed by atoms with Crippen molar-refractivity contribution in [3.05, 3.63) is 46.8 Å². The molecule has 5 rings (SSSR count). The molecule has 1 saturated heterocycles. The molecule has 2 aromatic rings. The van der Waals surface area contributed by atoms with E-state index in [0.717, 1.165) is 48.5 Å². The normalized spacial score (nSPS) is 21.3. The van der Waals surface area contributed by atoms with Crippen molar-refractivity contribution in [3.8, 4) is 0 Å². The van der Waals surface area contributed by atoms with E-state index < -0.39 is 0 Å². The van der Waals surface area contributed by atoms with E-state index >= 15 is 0 Å². The predicted molar refractivity (Wildman–Crippen MR) is 114 cm³/mol. The molecular weight excluding hydrogens is 416 g/mol. The SMILES string of the molecule is O=C(C1CCN(c2ccncn2)CC1)N1CC2(CCCC2)c2cc(Br)ccc21. The van der Waals surface area contributed by atoms with Gasteiger partial charge in [0.15, 0.2) is 0 Å². The zero-order valence-corrected chi connectivity index (χ0v) is 17.6. The van der Waals surface area contributed by atoms with Crippen molar-refractivity contribution in [2.24, 2.45) is 5.92 Å². The lowest BCUT2D eigenvalue weighted by Gasteiger charge is -2.34. The smallest absolute Gasteiger partial charge is 0.230 e. The molecule has 1 amide bonds. The first-order valence-corrected chi connectivity index (χ1v) is 11.1. The van der Waals surface area contributed by atoms with Crippen LogP contribution >= 0.6 is 15.9 Å². The quantitative estimate of drug-likeness (QED) is 0.697. The molecule has 1 aromatic heterocycles. The number of piperidine rings is 1. The molecule has 0 radical (unpaired) electrons. The molecular formula is C22H25BrN4O. The molecule has 1 spiro atoms. The number of nitrogens with zero attached hydrogens (tertiary/aromatic N) is 4. The Labute approximate surface area is 174 Å². The molecule has 6 heteroatoms. The maximum absolute atomic E-state index is 13.5. The summed E-state index contributed by atoms with van der Waals surface area (Å²) in [6.07, 6.45) is 10.1. The van der Waals surface area contributed by atoms with Gasteiger partial charge in [0.2, 0.25) is 5.91 Å². The molecule has 146 valence electrons. The van der Waals surface area contributed by atoms with E-state index in [1.54, 1.807) is 12.5 Å². The average Bonchev–Trinajstić information content (AvgIpc) is 3.34. The number of rotatable bonds is 2. The van der Waals surface area contributed by atoms with Crippen molar-refractivity contribution in [1.29, 1.82) is 0 Å². The molecule has 1 aromatic carbocycles. The highest BCUT2D eigenvalue weighted by Gasteiger charge is 2.47. The molecule has 5 nitrogen and oxygen atoms in total. The fourth-order valence-electron chi connectivity index (χ4n) is 5.36. The largest absolute Gasteiger partial charge is 0.356 e. The molecule has 28 heavy (non-hydrogen) atoms. The van der Waals surface area contributed by atoms with Gasteiger partial charge in [-0.15, -0.1) is 0 Å². The van der Waals surface area contributed by atoms with E-state index in [0.29, 0.717) is 5.91 Å². The summed E-state index contributed by atoms with van der Waals surface area (Å²) in [5, 5.41) is 0. The summed E-state index contributed by atoms with van der Waals surface area (Å²) in [6, 6.07) is 8.41. The first kappa shape index (κ1) is 18.1. The van der Waals surface area contributed by atoms with Gasteiger partial charge < -0.3 is 9.80 Å². The van der Waals surface area contributed by atoms with E-state index in [1.165, 1.54) is 31.2 Å². The Morgan fingerprint density at radius 2 is 1.93 bits per heavy atom. The van der Waals surface area contributed by atoms with Gasteiger partial charge in [-0.05, 0) is 55.5 Å². The number of hydrogen-bond acceptors (Lipinski definition) is 4. The fraction of sp³-hybridized carbons (Fsp3) is 0.500. The first-order valence-electron chi connectivity index (χ1n) is 10.3. The highest BCUT2D eigenvalue weighted by Crippen LogP contribution is 2.51.